The van der Waals surface area contributed by atoms with Crippen molar-refractivity contribution in [2.45, 2.75) is 32.4 Å². The molecule has 2 saturated heterocycles. The van der Waals surface area contributed by atoms with E-state index in [0.717, 1.165) is 37.9 Å². The number of rotatable bonds is 4. The fourth-order valence-corrected chi connectivity index (χ4v) is 3.55. The van der Waals surface area contributed by atoms with E-state index in [1.807, 2.05) is 6.92 Å². The third-order valence-electron chi connectivity index (χ3n) is 4.63. The molecule has 2 fully saturated rings. The van der Waals surface area contributed by atoms with Gasteiger partial charge >= 0.3 is 5.82 Å². The highest BCUT2D eigenvalue weighted by Gasteiger charge is 2.35. The lowest BCUT2D eigenvalue weighted by atomic mass is 9.92. The summed E-state index contributed by atoms with van der Waals surface area (Å²) in [5, 5.41) is 14.4. The number of fused-ring (bicyclic) bond motifs is 1. The summed E-state index contributed by atoms with van der Waals surface area (Å²) in [6.45, 7) is 6.60. The highest BCUT2D eigenvalue weighted by molar-refractivity contribution is 5.18. The van der Waals surface area contributed by atoms with Crippen LogP contribution in [0.4, 0.5) is 5.82 Å². The van der Waals surface area contributed by atoms with Crippen molar-refractivity contribution in [1.29, 1.82) is 0 Å². The number of piperidine rings is 1. The van der Waals surface area contributed by atoms with Crippen LogP contribution in [-0.2, 0) is 6.54 Å². The Kier molecular flexibility index (Phi) is 3.71. The lowest BCUT2D eigenvalue weighted by Gasteiger charge is -2.36. The first-order chi connectivity index (χ1) is 9.66. The molecule has 1 N–H and O–H groups in total. The van der Waals surface area contributed by atoms with Gasteiger partial charge in [0, 0.05) is 26.1 Å². The molecule has 0 radical (unpaired) electrons. The Morgan fingerprint density at radius 3 is 3.15 bits per heavy atom. The second-order valence-electron chi connectivity index (χ2n) is 5.74. The van der Waals surface area contributed by atoms with Gasteiger partial charge in [0.1, 0.15) is 12.7 Å². The van der Waals surface area contributed by atoms with E-state index in [1.165, 1.54) is 19.0 Å². The summed E-state index contributed by atoms with van der Waals surface area (Å²) in [4.78, 5) is 17.2. The first kappa shape index (κ1) is 13.5. The molecule has 7 heteroatoms. The standard InChI is InChI=1S/C13H21N5O2/c1-10-15-9-13(18(19)20)17(10)6-5-16-4-2-3-11-7-14-8-12(11)16/h9,11-12,14H,2-8H2,1H3. The van der Waals surface area contributed by atoms with Gasteiger partial charge in [-0.15, -0.1) is 0 Å². The number of nitrogens with one attached hydrogen (secondary N) is 1. The van der Waals surface area contributed by atoms with Crippen LogP contribution in [-0.4, -0.2) is 51.6 Å². The zero-order valence-electron chi connectivity index (χ0n) is 11.8. The molecule has 2 aliphatic heterocycles. The molecule has 0 saturated carbocycles. The van der Waals surface area contributed by atoms with E-state index in [4.69, 9.17) is 0 Å². The van der Waals surface area contributed by atoms with Crippen LogP contribution in [0.5, 0.6) is 0 Å². The predicted octanol–water partition coefficient (Wildman–Crippen LogP) is 0.784. The molecule has 1 aromatic heterocycles. The van der Waals surface area contributed by atoms with Crippen LogP contribution in [0.2, 0.25) is 0 Å². The smallest absolute Gasteiger partial charge is 0.342 e. The van der Waals surface area contributed by atoms with Gasteiger partial charge < -0.3 is 15.4 Å². The van der Waals surface area contributed by atoms with Gasteiger partial charge in [-0.1, -0.05) is 0 Å². The van der Waals surface area contributed by atoms with Crippen LogP contribution in [0, 0.1) is 23.0 Å². The SMILES string of the molecule is Cc1ncc([N+](=O)[O-])n1CCN1CCCC2CNCC21. The molecule has 1 aromatic rings. The number of hydrogen-bond donors (Lipinski definition) is 1. The van der Waals surface area contributed by atoms with Gasteiger partial charge in [-0.2, -0.15) is 0 Å². The molecule has 110 valence electrons. The van der Waals surface area contributed by atoms with E-state index in [-0.39, 0.29) is 10.7 Å². The fraction of sp³-hybridized carbons (Fsp3) is 0.769. The molecule has 3 rings (SSSR count). The number of nitrogens with zero attached hydrogens (tertiary/aromatic N) is 4. The number of likely N-dealkylation sites (tertiary alicyclic amines) is 1. The Balaban J connectivity index is 1.67. The lowest BCUT2D eigenvalue weighted by molar-refractivity contribution is -0.392. The van der Waals surface area contributed by atoms with E-state index < -0.39 is 0 Å². The average molecular weight is 279 g/mol. The molecule has 0 aliphatic carbocycles. The predicted molar refractivity (Wildman–Crippen MR) is 74.6 cm³/mol. The van der Waals surface area contributed by atoms with Crippen LogP contribution >= 0.6 is 0 Å². The van der Waals surface area contributed by atoms with Gasteiger partial charge in [0.15, 0.2) is 5.82 Å². The molecule has 2 unspecified atom stereocenters. The molecule has 2 atom stereocenters. The highest BCUT2D eigenvalue weighted by Crippen LogP contribution is 2.26. The summed E-state index contributed by atoms with van der Waals surface area (Å²) >= 11 is 0. The molecule has 7 nitrogen and oxygen atoms in total. The van der Waals surface area contributed by atoms with Crippen LogP contribution in [0.25, 0.3) is 0 Å². The van der Waals surface area contributed by atoms with Crippen molar-refractivity contribution in [3.05, 3.63) is 22.1 Å². The van der Waals surface area contributed by atoms with Crippen LogP contribution in [0.1, 0.15) is 18.7 Å². The van der Waals surface area contributed by atoms with Gasteiger partial charge in [0.25, 0.3) is 0 Å². The number of nitro groups is 1. The Labute approximate surface area is 118 Å². The van der Waals surface area contributed by atoms with Crippen molar-refractivity contribution >= 4 is 5.82 Å². The summed E-state index contributed by atoms with van der Waals surface area (Å²) in [5.74, 6) is 1.57. The number of aromatic nitrogens is 2. The Morgan fingerprint density at radius 2 is 2.35 bits per heavy atom. The topological polar surface area (TPSA) is 76.2 Å². The van der Waals surface area contributed by atoms with Gasteiger partial charge in [-0.3, -0.25) is 4.90 Å². The van der Waals surface area contributed by atoms with Gasteiger partial charge in [0.05, 0.1) is 0 Å². The second-order valence-corrected chi connectivity index (χ2v) is 5.74. The summed E-state index contributed by atoms with van der Waals surface area (Å²) in [6, 6.07) is 0.603. The maximum Gasteiger partial charge on any atom is 0.342 e. The minimum atomic E-state index is -0.351. The maximum absolute atomic E-state index is 11.0. The van der Waals surface area contributed by atoms with E-state index in [0.29, 0.717) is 12.6 Å². The summed E-state index contributed by atoms with van der Waals surface area (Å²) in [7, 11) is 0. The Bertz CT molecular complexity index is 501. The monoisotopic (exact) mass is 279 g/mol. The van der Waals surface area contributed by atoms with Crippen LogP contribution in [0.15, 0.2) is 6.20 Å². The normalized spacial score (nSPS) is 26.6. The van der Waals surface area contributed by atoms with Crippen molar-refractivity contribution in [1.82, 2.24) is 19.8 Å². The van der Waals surface area contributed by atoms with Crippen molar-refractivity contribution in [2.75, 3.05) is 26.2 Å². The fourth-order valence-electron chi connectivity index (χ4n) is 3.55. The lowest BCUT2D eigenvalue weighted by Crippen LogP contribution is -2.46. The molecule has 20 heavy (non-hydrogen) atoms. The van der Waals surface area contributed by atoms with Crippen molar-refractivity contribution in [2.24, 2.45) is 5.92 Å². The molecule has 3 heterocycles. The largest absolute Gasteiger partial charge is 0.358 e. The van der Waals surface area contributed by atoms with E-state index >= 15 is 0 Å². The Hall–Kier alpha value is -1.47. The Morgan fingerprint density at radius 1 is 1.50 bits per heavy atom. The first-order valence-corrected chi connectivity index (χ1v) is 7.28. The van der Waals surface area contributed by atoms with E-state index in [9.17, 15) is 10.1 Å². The van der Waals surface area contributed by atoms with Crippen LogP contribution < -0.4 is 5.32 Å². The molecular weight excluding hydrogens is 258 g/mol. The average Bonchev–Trinajstić information content (AvgIpc) is 3.03. The third-order valence-corrected chi connectivity index (χ3v) is 4.63. The minimum absolute atomic E-state index is 0.0978. The molecule has 0 aromatic carbocycles. The van der Waals surface area contributed by atoms with Crippen molar-refractivity contribution in [3.63, 3.8) is 0 Å². The summed E-state index contributed by atoms with van der Waals surface area (Å²) < 4.78 is 1.71. The molecule has 0 bridgehead atoms. The second kappa shape index (κ2) is 5.49. The van der Waals surface area contributed by atoms with Gasteiger partial charge in [0.2, 0.25) is 0 Å². The molecule has 0 spiro atoms. The van der Waals surface area contributed by atoms with Gasteiger partial charge in [-0.05, 0) is 36.8 Å². The zero-order chi connectivity index (χ0) is 14.1. The first-order valence-electron chi connectivity index (χ1n) is 7.28. The van der Waals surface area contributed by atoms with Gasteiger partial charge in [-0.25, -0.2) is 9.55 Å². The number of hydrogen-bond acceptors (Lipinski definition) is 5. The third kappa shape index (κ3) is 2.43. The summed E-state index contributed by atoms with van der Waals surface area (Å²) in [6.07, 6.45) is 3.89. The summed E-state index contributed by atoms with van der Waals surface area (Å²) in [5.41, 5.74) is 0. The minimum Gasteiger partial charge on any atom is -0.358 e. The van der Waals surface area contributed by atoms with Crippen molar-refractivity contribution in [3.8, 4) is 0 Å². The number of imidazole rings is 1. The maximum atomic E-state index is 11.0. The van der Waals surface area contributed by atoms with Crippen LogP contribution in [0.3, 0.4) is 0 Å². The molecular formula is C13H21N5O2. The van der Waals surface area contributed by atoms with E-state index in [2.05, 4.69) is 15.2 Å². The number of aryl methyl sites for hydroxylation is 1. The van der Waals surface area contributed by atoms with Crippen molar-refractivity contribution < 1.29 is 4.92 Å². The molecule has 0 amide bonds. The van der Waals surface area contributed by atoms with E-state index in [1.54, 1.807) is 4.57 Å². The quantitative estimate of drug-likeness (QED) is 0.651. The highest BCUT2D eigenvalue weighted by atomic mass is 16.6. The molecule has 2 aliphatic rings. The zero-order valence-corrected chi connectivity index (χ0v) is 11.8.